The third-order valence-electron chi connectivity index (χ3n) is 13.2. The number of hydrogen-bond acceptors (Lipinski definition) is 25. The molecule has 0 saturated heterocycles. The second-order valence-corrected chi connectivity index (χ2v) is 23.1. The van der Waals surface area contributed by atoms with Gasteiger partial charge in [-0.2, -0.15) is 32.2 Å². The minimum atomic E-state index is -5.20. The van der Waals surface area contributed by atoms with Gasteiger partial charge in [0.1, 0.15) is 27.8 Å². The fraction of sp³-hybridized carbons (Fsp3) is 0.0169. The van der Waals surface area contributed by atoms with Crippen LogP contribution in [0.15, 0.2) is 221 Å². The molecular weight excluding hydrogens is 1300 g/mol. The number of benzene rings is 9. The lowest BCUT2D eigenvalue weighted by Gasteiger charge is -2.17. The van der Waals surface area contributed by atoms with Crippen molar-refractivity contribution < 1.29 is 69.5 Å². The Balaban J connectivity index is 0.000000627. The SMILES string of the molecule is Nc1cc(COC(=O)Nc2nc3ccccc3[nH]2)ccc1N=Nc1ccc(Nc2ccc(N=Nc3c(SOOO)cc4cc(S(=O)(=O)O)c(N=Nc5ccccc5)c(OC(=O)Nc5nc6ccccc6[nH]5)c4c3N)cc2S(=O)(=O)O)cc1.O=C(O)Nc1nc2ccccc2[nH]1. The zero-order valence-electron chi connectivity index (χ0n) is 48.1. The van der Waals surface area contributed by atoms with Crippen molar-refractivity contribution in [2.24, 2.45) is 30.7 Å². The molecule has 0 saturated carbocycles. The lowest BCUT2D eigenvalue weighted by Crippen LogP contribution is -2.18. The van der Waals surface area contributed by atoms with E-state index in [0.29, 0.717) is 51.2 Å². The smallest absolute Gasteiger partial charge is 0.419 e. The number of H-pyrrole nitrogens is 3. The molecule has 15 N–H and O–H groups in total. The normalized spacial score (nSPS) is 11.8. The van der Waals surface area contributed by atoms with Crippen LogP contribution in [-0.4, -0.2) is 84.5 Å². The minimum Gasteiger partial charge on any atom is -0.465 e. The highest BCUT2D eigenvalue weighted by Crippen LogP contribution is 2.50. The van der Waals surface area contributed by atoms with Gasteiger partial charge in [-0.05, 0) is 126 Å². The summed E-state index contributed by atoms with van der Waals surface area (Å²) in [5, 5.41) is 56.1. The molecule has 3 heterocycles. The molecule has 95 heavy (non-hydrogen) atoms. The number of carboxylic acid groups (broad SMARTS) is 1. The quantitative estimate of drug-likeness (QED) is 0.00893. The molecule has 0 fully saturated rings. The topological polar surface area (TPSA) is 498 Å². The van der Waals surface area contributed by atoms with Crippen molar-refractivity contribution in [3.8, 4) is 5.75 Å². The third kappa shape index (κ3) is 15.9. The lowest BCUT2D eigenvalue weighted by molar-refractivity contribution is -0.432. The van der Waals surface area contributed by atoms with Crippen molar-refractivity contribution in [2.75, 3.05) is 32.7 Å². The van der Waals surface area contributed by atoms with Crippen LogP contribution in [0.25, 0.3) is 43.9 Å². The molecule has 0 spiro atoms. The second kappa shape index (κ2) is 28.1. The Kier molecular flexibility index (Phi) is 19.0. The van der Waals surface area contributed by atoms with Gasteiger partial charge in [0.05, 0.1) is 89.5 Å². The van der Waals surface area contributed by atoms with E-state index in [0.717, 1.165) is 28.7 Å². The van der Waals surface area contributed by atoms with Gasteiger partial charge in [-0.1, -0.05) is 65.7 Å². The van der Waals surface area contributed by atoms with Crippen molar-refractivity contribution in [3.05, 3.63) is 181 Å². The van der Waals surface area contributed by atoms with E-state index in [-0.39, 0.29) is 68.6 Å². The fourth-order valence-electron chi connectivity index (χ4n) is 9.00. The highest BCUT2D eigenvalue weighted by molar-refractivity contribution is 7.94. The molecule has 36 heteroatoms. The van der Waals surface area contributed by atoms with Crippen LogP contribution >= 0.6 is 12.0 Å². The average Bonchev–Trinajstić information content (AvgIpc) is 1.66. The first-order valence-electron chi connectivity index (χ1n) is 27.2. The van der Waals surface area contributed by atoms with Crippen LogP contribution in [0.4, 0.5) is 89.1 Å². The van der Waals surface area contributed by atoms with Crippen LogP contribution < -0.4 is 37.5 Å². The van der Waals surface area contributed by atoms with Gasteiger partial charge in [-0.25, -0.2) is 34.6 Å². The van der Waals surface area contributed by atoms with E-state index in [1.165, 1.54) is 30.3 Å². The van der Waals surface area contributed by atoms with E-state index in [1.54, 1.807) is 97.1 Å². The minimum absolute atomic E-state index is 0.0702. The Morgan fingerprint density at radius 2 is 1.09 bits per heavy atom. The van der Waals surface area contributed by atoms with Crippen molar-refractivity contribution in [2.45, 2.75) is 21.3 Å². The second-order valence-electron chi connectivity index (χ2n) is 19.6. The molecule has 3 aromatic heterocycles. The number of carbonyl (C=O) groups excluding carboxylic acids is 2. The number of nitrogen functional groups attached to an aromatic ring is 2. The van der Waals surface area contributed by atoms with E-state index in [1.807, 2.05) is 36.4 Å². The molecule has 0 atom stereocenters. The third-order valence-corrected chi connectivity index (χ3v) is 15.5. The standard InChI is InChI=1S/C51H39N15O13S3.C8H7N3O2/c52-33-22-27(26-76-50(67)59-48-55-35-10-4-5-11-36(35)56-48)14-20-34(33)64-61-31-17-15-29(16-18-31)54-39-21-19-32(25-41(39)81(70,71)72)63-65-45-40(80-79-78-69)23-28-24-42(82(73,74)75)46(66-62-30-8-2-1-3-9-30)47(43(28)44(45)53)77-51(68)60-49-57-37-12-6-7-13-38(37)58-49;12-8(13)11-7-9-5-3-1-2-4-6(5)10-7/h1-25,54,69H,26,52-53H2,(H,70,71,72)(H,73,74,75)(H2,55,56,59,67)(H2,57,58,60,68);1-4H,(H,12,13)(H2,9,10,11). The van der Waals surface area contributed by atoms with Gasteiger partial charge >= 0.3 is 18.3 Å². The van der Waals surface area contributed by atoms with Crippen molar-refractivity contribution in [1.29, 1.82) is 0 Å². The Bertz CT molecular complexity index is 5150. The Morgan fingerprint density at radius 1 is 0.558 bits per heavy atom. The predicted octanol–water partition coefficient (Wildman–Crippen LogP) is 14.7. The number of carbonyl (C=O) groups is 3. The zero-order chi connectivity index (χ0) is 66.8. The van der Waals surface area contributed by atoms with Crippen LogP contribution in [0, 0.1) is 0 Å². The van der Waals surface area contributed by atoms with Crippen LogP contribution in [0.2, 0.25) is 0 Å². The molecule has 33 nitrogen and oxygen atoms in total. The van der Waals surface area contributed by atoms with Crippen LogP contribution in [0.1, 0.15) is 5.56 Å². The number of hydrogen-bond donors (Lipinski definition) is 13. The predicted molar refractivity (Wildman–Crippen MR) is 348 cm³/mol. The Hall–Kier alpha value is -12.3. The number of azo groups is 3. The number of nitrogens with two attached hydrogens (primary N) is 2. The average molecular weight is 1340 g/mol. The molecule has 0 aliphatic carbocycles. The summed E-state index contributed by atoms with van der Waals surface area (Å²) in [6.07, 6.45) is -3.10. The zero-order valence-corrected chi connectivity index (χ0v) is 50.6. The molecule has 0 bridgehead atoms. The number of rotatable bonds is 19. The number of imidazole rings is 3. The summed E-state index contributed by atoms with van der Waals surface area (Å²) in [6.45, 7) is -0.0981. The number of ether oxygens (including phenoxy) is 2. The molecule has 12 aromatic rings. The van der Waals surface area contributed by atoms with Crippen molar-refractivity contribution >= 4 is 169 Å². The summed E-state index contributed by atoms with van der Waals surface area (Å²) >= 11 is 0.303. The highest BCUT2D eigenvalue weighted by atomic mass is 32.2. The van der Waals surface area contributed by atoms with Crippen LogP contribution in [0.5, 0.6) is 5.75 Å². The summed E-state index contributed by atoms with van der Waals surface area (Å²) in [4.78, 5) is 56.0. The van der Waals surface area contributed by atoms with Crippen LogP contribution in [0.3, 0.4) is 0 Å². The Labute approximate surface area is 538 Å². The number of nitrogens with one attached hydrogen (secondary N) is 7. The fourth-order valence-corrected chi connectivity index (χ4v) is 10.8. The first-order chi connectivity index (χ1) is 45.7. The summed E-state index contributed by atoms with van der Waals surface area (Å²) in [5.74, 6) is -0.256. The molecule has 3 amide bonds. The van der Waals surface area contributed by atoms with Crippen molar-refractivity contribution in [3.63, 3.8) is 0 Å². The number of para-hydroxylation sites is 6. The van der Waals surface area contributed by atoms with Gasteiger partial charge in [0, 0.05) is 5.69 Å². The summed E-state index contributed by atoms with van der Waals surface area (Å²) in [5.41, 5.74) is 17.5. The molecule has 0 aliphatic heterocycles. The summed E-state index contributed by atoms with van der Waals surface area (Å²) in [7, 11) is -10.2. The highest BCUT2D eigenvalue weighted by Gasteiger charge is 2.29. The van der Waals surface area contributed by atoms with Gasteiger partial charge in [0.15, 0.2) is 11.4 Å². The lowest BCUT2D eigenvalue weighted by atomic mass is 10.0. The maximum absolute atomic E-state index is 13.7. The van der Waals surface area contributed by atoms with Gasteiger partial charge < -0.3 is 46.3 Å². The van der Waals surface area contributed by atoms with Gasteiger partial charge in [-0.3, -0.25) is 25.1 Å². The molecule has 0 aliphatic rings. The summed E-state index contributed by atoms with van der Waals surface area (Å²) in [6, 6.07) is 46.3. The molecule has 0 unspecified atom stereocenters. The van der Waals surface area contributed by atoms with Crippen LogP contribution in [-0.2, 0) is 41.0 Å². The molecule has 9 aromatic carbocycles. The molecule has 12 rings (SSSR count). The van der Waals surface area contributed by atoms with E-state index >= 15 is 0 Å². The largest absolute Gasteiger partial charge is 0.465 e. The van der Waals surface area contributed by atoms with Gasteiger partial charge in [0.2, 0.25) is 17.8 Å². The molecular formula is C59H46N18O15S3. The maximum Gasteiger partial charge on any atom is 0.419 e. The van der Waals surface area contributed by atoms with E-state index in [9.17, 15) is 40.3 Å². The van der Waals surface area contributed by atoms with E-state index in [2.05, 4.69) is 91.2 Å². The number of amides is 3. The van der Waals surface area contributed by atoms with Gasteiger partial charge in [-0.15, -0.1) is 19.7 Å². The number of aromatic nitrogens is 6. The van der Waals surface area contributed by atoms with E-state index in [4.69, 9.17) is 31.3 Å². The summed E-state index contributed by atoms with van der Waals surface area (Å²) < 4.78 is 88.5. The molecule has 0 radical (unpaired) electrons. The maximum atomic E-state index is 13.7. The van der Waals surface area contributed by atoms with Gasteiger partial charge in [0.25, 0.3) is 20.2 Å². The van der Waals surface area contributed by atoms with Crippen molar-refractivity contribution in [1.82, 2.24) is 29.9 Å². The number of aromatic amines is 3. The monoisotopic (exact) mass is 1340 g/mol. The number of anilines is 7. The molecule has 480 valence electrons. The first-order valence-corrected chi connectivity index (χ1v) is 30.8. The number of nitrogens with zero attached hydrogens (tertiary/aromatic N) is 9. The first kappa shape index (κ1) is 64.2. The Morgan fingerprint density at radius 3 is 1.67 bits per heavy atom. The van der Waals surface area contributed by atoms with E-state index < -0.39 is 65.4 Å². The number of fused-ring (bicyclic) bond motifs is 4.